The molecule has 0 spiro atoms. The van der Waals surface area contributed by atoms with E-state index in [0.29, 0.717) is 25.5 Å². The molecule has 1 aromatic carbocycles. The van der Waals surface area contributed by atoms with Crippen LogP contribution in [0.5, 0.6) is 11.8 Å². The summed E-state index contributed by atoms with van der Waals surface area (Å²) in [4.78, 5) is 22.5. The standard InChI is InChI=1S/C18H21N3O3/c1-23-15-5-3-14(4-6-15)13-17(22)21-11-7-16(8-12-21)24-18-19-9-2-10-20-18/h2-6,9-10,16H,7-8,11-13H2,1H3. The number of hydrogen-bond donors (Lipinski definition) is 0. The summed E-state index contributed by atoms with van der Waals surface area (Å²) in [5.41, 5.74) is 0.997. The van der Waals surface area contributed by atoms with Gasteiger partial charge in [0.25, 0.3) is 0 Å². The molecule has 0 unspecified atom stereocenters. The molecule has 1 aromatic heterocycles. The van der Waals surface area contributed by atoms with Crippen LogP contribution in [0.3, 0.4) is 0 Å². The van der Waals surface area contributed by atoms with Gasteiger partial charge in [-0.1, -0.05) is 12.1 Å². The first kappa shape index (κ1) is 16.2. The molecule has 1 aliphatic rings. The minimum absolute atomic E-state index is 0.0671. The van der Waals surface area contributed by atoms with E-state index in [1.165, 1.54) is 0 Å². The monoisotopic (exact) mass is 327 g/mol. The molecular formula is C18H21N3O3. The summed E-state index contributed by atoms with van der Waals surface area (Å²) in [6.45, 7) is 1.40. The molecular weight excluding hydrogens is 306 g/mol. The van der Waals surface area contributed by atoms with Gasteiger partial charge in [-0.05, 0) is 23.8 Å². The highest BCUT2D eigenvalue weighted by Crippen LogP contribution is 2.17. The van der Waals surface area contributed by atoms with Crippen LogP contribution in [0, 0.1) is 0 Å². The van der Waals surface area contributed by atoms with Gasteiger partial charge in [0, 0.05) is 38.3 Å². The summed E-state index contributed by atoms with van der Waals surface area (Å²) in [5, 5.41) is 0. The Morgan fingerprint density at radius 2 is 1.83 bits per heavy atom. The third kappa shape index (κ3) is 4.22. The van der Waals surface area contributed by atoms with Crippen molar-refractivity contribution in [3.8, 4) is 11.8 Å². The number of likely N-dealkylation sites (tertiary alicyclic amines) is 1. The zero-order valence-electron chi connectivity index (χ0n) is 13.7. The molecule has 0 radical (unpaired) electrons. The third-order valence-corrected chi connectivity index (χ3v) is 4.12. The molecule has 6 heteroatoms. The smallest absolute Gasteiger partial charge is 0.316 e. The number of rotatable bonds is 5. The van der Waals surface area contributed by atoms with Gasteiger partial charge in [0.15, 0.2) is 0 Å². The molecule has 3 rings (SSSR count). The molecule has 1 saturated heterocycles. The second kappa shape index (κ2) is 7.77. The van der Waals surface area contributed by atoms with Gasteiger partial charge < -0.3 is 14.4 Å². The van der Waals surface area contributed by atoms with E-state index in [0.717, 1.165) is 24.2 Å². The Morgan fingerprint density at radius 3 is 2.46 bits per heavy atom. The van der Waals surface area contributed by atoms with Gasteiger partial charge in [0.1, 0.15) is 11.9 Å². The number of piperidine rings is 1. The fourth-order valence-electron chi connectivity index (χ4n) is 2.75. The highest BCUT2D eigenvalue weighted by molar-refractivity contribution is 5.78. The fraction of sp³-hybridized carbons (Fsp3) is 0.389. The molecule has 0 saturated carbocycles. The lowest BCUT2D eigenvalue weighted by atomic mass is 10.1. The van der Waals surface area contributed by atoms with Gasteiger partial charge in [0.05, 0.1) is 13.5 Å². The lowest BCUT2D eigenvalue weighted by Crippen LogP contribution is -2.42. The minimum Gasteiger partial charge on any atom is -0.497 e. The van der Waals surface area contributed by atoms with Crippen LogP contribution in [-0.2, 0) is 11.2 Å². The van der Waals surface area contributed by atoms with Crippen LogP contribution in [0.15, 0.2) is 42.7 Å². The van der Waals surface area contributed by atoms with Crippen LogP contribution in [0.1, 0.15) is 18.4 Å². The van der Waals surface area contributed by atoms with Crippen molar-refractivity contribution in [3.63, 3.8) is 0 Å². The Labute approximate surface area is 141 Å². The maximum atomic E-state index is 12.4. The number of carbonyl (C=O) groups is 1. The number of nitrogens with zero attached hydrogens (tertiary/aromatic N) is 3. The van der Waals surface area contributed by atoms with Crippen molar-refractivity contribution < 1.29 is 14.3 Å². The first-order valence-corrected chi connectivity index (χ1v) is 8.09. The number of aromatic nitrogens is 2. The van der Waals surface area contributed by atoms with E-state index < -0.39 is 0 Å². The first-order valence-electron chi connectivity index (χ1n) is 8.09. The van der Waals surface area contributed by atoms with Crippen molar-refractivity contribution in [2.24, 2.45) is 0 Å². The van der Waals surface area contributed by atoms with E-state index in [9.17, 15) is 4.79 Å². The van der Waals surface area contributed by atoms with E-state index in [2.05, 4.69) is 9.97 Å². The van der Waals surface area contributed by atoms with Gasteiger partial charge >= 0.3 is 6.01 Å². The van der Waals surface area contributed by atoms with E-state index in [4.69, 9.17) is 9.47 Å². The van der Waals surface area contributed by atoms with Gasteiger partial charge in [0.2, 0.25) is 5.91 Å². The minimum atomic E-state index is 0.0671. The quantitative estimate of drug-likeness (QED) is 0.841. The van der Waals surface area contributed by atoms with Crippen molar-refractivity contribution >= 4 is 5.91 Å². The van der Waals surface area contributed by atoms with Gasteiger partial charge in [-0.2, -0.15) is 0 Å². The lowest BCUT2D eigenvalue weighted by molar-refractivity contribution is -0.132. The maximum Gasteiger partial charge on any atom is 0.316 e. The fourth-order valence-corrected chi connectivity index (χ4v) is 2.75. The van der Waals surface area contributed by atoms with Crippen LogP contribution >= 0.6 is 0 Å². The Hall–Kier alpha value is -2.63. The molecule has 24 heavy (non-hydrogen) atoms. The molecule has 0 N–H and O–H groups in total. The number of hydrogen-bond acceptors (Lipinski definition) is 5. The molecule has 1 amide bonds. The number of ether oxygens (including phenoxy) is 2. The molecule has 1 fully saturated rings. The molecule has 2 aromatic rings. The molecule has 126 valence electrons. The number of amides is 1. The molecule has 0 aliphatic carbocycles. The summed E-state index contributed by atoms with van der Waals surface area (Å²) in [5.74, 6) is 0.946. The first-order chi connectivity index (χ1) is 11.7. The number of methoxy groups -OCH3 is 1. The van der Waals surface area contributed by atoms with Crippen molar-refractivity contribution in [3.05, 3.63) is 48.3 Å². The van der Waals surface area contributed by atoms with Gasteiger partial charge in [-0.25, -0.2) is 9.97 Å². The Balaban J connectivity index is 1.47. The predicted octanol–water partition coefficient (Wildman–Crippen LogP) is 2.10. The van der Waals surface area contributed by atoms with E-state index >= 15 is 0 Å². The molecule has 1 aliphatic heterocycles. The highest BCUT2D eigenvalue weighted by Gasteiger charge is 2.24. The Morgan fingerprint density at radius 1 is 1.17 bits per heavy atom. The topological polar surface area (TPSA) is 64.5 Å². The van der Waals surface area contributed by atoms with Crippen molar-refractivity contribution in [1.82, 2.24) is 14.9 Å². The largest absolute Gasteiger partial charge is 0.497 e. The second-order valence-corrected chi connectivity index (χ2v) is 5.75. The van der Waals surface area contributed by atoms with E-state index in [1.807, 2.05) is 29.2 Å². The van der Waals surface area contributed by atoms with Crippen molar-refractivity contribution in [2.75, 3.05) is 20.2 Å². The summed E-state index contributed by atoms with van der Waals surface area (Å²) < 4.78 is 10.9. The summed E-state index contributed by atoms with van der Waals surface area (Å²) >= 11 is 0. The van der Waals surface area contributed by atoms with E-state index in [-0.39, 0.29) is 12.0 Å². The van der Waals surface area contributed by atoms with Crippen LogP contribution in [-0.4, -0.2) is 47.1 Å². The average Bonchev–Trinajstić information content (AvgIpc) is 2.64. The molecule has 0 bridgehead atoms. The third-order valence-electron chi connectivity index (χ3n) is 4.12. The maximum absolute atomic E-state index is 12.4. The van der Waals surface area contributed by atoms with Gasteiger partial charge in [-0.3, -0.25) is 4.79 Å². The van der Waals surface area contributed by atoms with Crippen LogP contribution in [0.2, 0.25) is 0 Å². The second-order valence-electron chi connectivity index (χ2n) is 5.75. The molecule has 6 nitrogen and oxygen atoms in total. The summed E-state index contributed by atoms with van der Waals surface area (Å²) in [6, 6.07) is 9.78. The lowest BCUT2D eigenvalue weighted by Gasteiger charge is -2.31. The highest BCUT2D eigenvalue weighted by atomic mass is 16.5. The number of benzene rings is 1. The predicted molar refractivity (Wildman–Crippen MR) is 89.0 cm³/mol. The van der Waals surface area contributed by atoms with Gasteiger partial charge in [-0.15, -0.1) is 0 Å². The van der Waals surface area contributed by atoms with Crippen molar-refractivity contribution in [2.45, 2.75) is 25.4 Å². The van der Waals surface area contributed by atoms with Crippen LogP contribution in [0.25, 0.3) is 0 Å². The number of carbonyl (C=O) groups excluding carboxylic acids is 1. The molecule has 2 heterocycles. The zero-order chi connectivity index (χ0) is 16.8. The zero-order valence-corrected chi connectivity index (χ0v) is 13.7. The van der Waals surface area contributed by atoms with E-state index in [1.54, 1.807) is 25.6 Å². The summed E-state index contributed by atoms with van der Waals surface area (Å²) in [7, 11) is 1.63. The average molecular weight is 327 g/mol. The Bertz CT molecular complexity index is 653. The van der Waals surface area contributed by atoms with Crippen LogP contribution < -0.4 is 9.47 Å². The van der Waals surface area contributed by atoms with Crippen LogP contribution in [0.4, 0.5) is 0 Å². The SMILES string of the molecule is COc1ccc(CC(=O)N2CCC(Oc3ncccn3)CC2)cc1. The molecule has 0 atom stereocenters. The normalized spacial score (nSPS) is 15.1. The Kier molecular flexibility index (Phi) is 5.25. The summed E-state index contributed by atoms with van der Waals surface area (Å²) in [6.07, 6.45) is 5.40. The van der Waals surface area contributed by atoms with Crippen molar-refractivity contribution in [1.29, 1.82) is 0 Å².